The Balaban J connectivity index is 2.19. The van der Waals surface area contributed by atoms with Crippen molar-refractivity contribution in [1.82, 2.24) is 9.21 Å². The average Bonchev–Trinajstić information content (AvgIpc) is 2.75. The first-order valence-corrected chi connectivity index (χ1v) is 8.88. The predicted octanol–water partition coefficient (Wildman–Crippen LogP) is 2.23. The molecule has 18 heavy (non-hydrogen) atoms. The molecule has 0 spiro atoms. The van der Waals surface area contributed by atoms with Crippen LogP contribution in [-0.2, 0) is 10.0 Å². The van der Waals surface area contributed by atoms with Crippen LogP contribution in [0.1, 0.15) is 12.8 Å². The van der Waals surface area contributed by atoms with E-state index in [2.05, 4.69) is 20.8 Å². The summed E-state index contributed by atoms with van der Waals surface area (Å²) >= 11 is 4.57. The normalized spacial score (nSPS) is 22.6. The van der Waals surface area contributed by atoms with Gasteiger partial charge in [0, 0.05) is 19.6 Å². The minimum absolute atomic E-state index is 0.0784. The van der Waals surface area contributed by atoms with E-state index < -0.39 is 10.0 Å². The van der Waals surface area contributed by atoms with E-state index in [0.29, 0.717) is 4.21 Å². The molecule has 0 aromatic carbocycles. The number of nitrogens with zero attached hydrogens (tertiary/aromatic N) is 2. The Kier molecular flexibility index (Phi) is 4.48. The van der Waals surface area contributed by atoms with Crippen molar-refractivity contribution in [2.24, 2.45) is 0 Å². The molecule has 1 aliphatic heterocycles. The zero-order chi connectivity index (χ0) is 13.3. The van der Waals surface area contributed by atoms with Crippen LogP contribution in [0.15, 0.2) is 20.1 Å². The minimum atomic E-state index is -3.35. The highest BCUT2D eigenvalue weighted by Gasteiger charge is 2.31. The van der Waals surface area contributed by atoms with E-state index in [1.807, 2.05) is 7.05 Å². The summed E-state index contributed by atoms with van der Waals surface area (Å²) in [6.07, 6.45) is 1.99. The third-order valence-electron chi connectivity index (χ3n) is 3.30. The van der Waals surface area contributed by atoms with Gasteiger partial charge in [0.1, 0.15) is 4.21 Å². The fourth-order valence-electron chi connectivity index (χ4n) is 2.21. The molecule has 1 saturated heterocycles. The zero-order valence-electron chi connectivity index (χ0n) is 10.5. The lowest BCUT2D eigenvalue weighted by molar-refractivity contribution is 0.188. The second-order valence-corrected chi connectivity index (χ2v) is 9.33. The largest absolute Gasteiger partial charge is 0.305 e. The van der Waals surface area contributed by atoms with E-state index in [9.17, 15) is 8.42 Å². The maximum absolute atomic E-state index is 12.4. The van der Waals surface area contributed by atoms with E-state index >= 15 is 0 Å². The van der Waals surface area contributed by atoms with E-state index in [1.165, 1.54) is 15.6 Å². The Labute approximate surface area is 121 Å². The lowest BCUT2D eigenvalue weighted by Crippen LogP contribution is -2.47. The Bertz CT molecular complexity index is 515. The van der Waals surface area contributed by atoms with E-state index in [0.717, 1.165) is 29.7 Å². The summed E-state index contributed by atoms with van der Waals surface area (Å²) < 4.78 is 27.7. The molecule has 1 atom stereocenters. The first-order valence-electron chi connectivity index (χ1n) is 5.83. The predicted molar refractivity (Wildman–Crippen MR) is 77.5 cm³/mol. The van der Waals surface area contributed by atoms with Crippen LogP contribution >= 0.6 is 27.3 Å². The van der Waals surface area contributed by atoms with Gasteiger partial charge < -0.3 is 4.90 Å². The Morgan fingerprint density at radius 3 is 2.78 bits per heavy atom. The number of halogens is 1. The highest BCUT2D eigenvalue weighted by Crippen LogP contribution is 2.29. The van der Waals surface area contributed by atoms with Gasteiger partial charge in [0.05, 0.1) is 3.79 Å². The number of likely N-dealkylation sites (tertiary alicyclic amines) is 1. The third kappa shape index (κ3) is 2.96. The number of piperidine rings is 1. The van der Waals surface area contributed by atoms with Gasteiger partial charge >= 0.3 is 0 Å². The summed E-state index contributed by atoms with van der Waals surface area (Å²) in [5, 5.41) is 0. The van der Waals surface area contributed by atoms with Crippen LogP contribution < -0.4 is 0 Å². The molecule has 1 aliphatic rings. The molecule has 0 radical (unpaired) electrons. The van der Waals surface area contributed by atoms with Crippen LogP contribution in [0.2, 0.25) is 0 Å². The molecular formula is C11H17BrN2O2S2. The lowest BCUT2D eigenvalue weighted by Gasteiger charge is -2.34. The molecule has 2 heterocycles. The smallest absolute Gasteiger partial charge is 0.252 e. The molecule has 0 bridgehead atoms. The van der Waals surface area contributed by atoms with Crippen molar-refractivity contribution in [1.29, 1.82) is 0 Å². The van der Waals surface area contributed by atoms with Crippen molar-refractivity contribution in [2.45, 2.75) is 23.1 Å². The average molecular weight is 353 g/mol. The van der Waals surface area contributed by atoms with Gasteiger partial charge in [0.25, 0.3) is 10.0 Å². The Hall–Kier alpha value is 0.0500. The van der Waals surface area contributed by atoms with Crippen LogP contribution in [0.25, 0.3) is 0 Å². The topological polar surface area (TPSA) is 40.6 Å². The van der Waals surface area contributed by atoms with Gasteiger partial charge in [0.2, 0.25) is 0 Å². The maximum atomic E-state index is 12.4. The van der Waals surface area contributed by atoms with Crippen molar-refractivity contribution in [3.8, 4) is 0 Å². The first-order chi connectivity index (χ1) is 8.41. The van der Waals surface area contributed by atoms with Crippen molar-refractivity contribution >= 4 is 37.3 Å². The SMILES string of the molecule is CN1CCCC(N(C)S(=O)(=O)c2ccc(Br)s2)C1. The molecule has 102 valence electrons. The molecule has 1 unspecified atom stereocenters. The zero-order valence-corrected chi connectivity index (χ0v) is 13.7. The standard InChI is InChI=1S/C11H17BrN2O2S2/c1-13-7-3-4-9(8-13)14(2)18(15,16)11-6-5-10(12)17-11/h5-6,9H,3-4,7-8H2,1-2H3. The van der Waals surface area contributed by atoms with Gasteiger partial charge in [-0.1, -0.05) is 0 Å². The van der Waals surface area contributed by atoms with Crippen molar-refractivity contribution in [3.63, 3.8) is 0 Å². The van der Waals surface area contributed by atoms with Crippen LogP contribution in [-0.4, -0.2) is 50.8 Å². The number of sulfonamides is 1. The first kappa shape index (κ1) is 14.5. The number of hydrogen-bond donors (Lipinski definition) is 0. The van der Waals surface area contributed by atoms with Crippen LogP contribution in [0.5, 0.6) is 0 Å². The highest BCUT2D eigenvalue weighted by molar-refractivity contribution is 9.11. The molecular weight excluding hydrogens is 336 g/mol. The second-order valence-electron chi connectivity index (χ2n) is 4.64. The van der Waals surface area contributed by atoms with Crippen molar-refractivity contribution < 1.29 is 8.42 Å². The Morgan fingerprint density at radius 1 is 1.50 bits per heavy atom. The fraction of sp³-hybridized carbons (Fsp3) is 0.636. The lowest BCUT2D eigenvalue weighted by atomic mass is 10.1. The summed E-state index contributed by atoms with van der Waals surface area (Å²) in [5.41, 5.74) is 0. The molecule has 4 nitrogen and oxygen atoms in total. The van der Waals surface area contributed by atoms with Crippen LogP contribution in [0.3, 0.4) is 0 Å². The van der Waals surface area contributed by atoms with Gasteiger partial charge in [-0.15, -0.1) is 11.3 Å². The molecule has 0 aliphatic carbocycles. The second kappa shape index (κ2) is 5.58. The highest BCUT2D eigenvalue weighted by atomic mass is 79.9. The molecule has 7 heteroatoms. The van der Waals surface area contributed by atoms with Gasteiger partial charge in [-0.05, 0) is 54.5 Å². The summed E-state index contributed by atoms with van der Waals surface area (Å²) in [7, 11) is 0.377. The molecule has 1 aromatic heterocycles. The monoisotopic (exact) mass is 352 g/mol. The summed E-state index contributed by atoms with van der Waals surface area (Å²) in [4.78, 5) is 2.19. The maximum Gasteiger partial charge on any atom is 0.252 e. The molecule has 1 fully saturated rings. The minimum Gasteiger partial charge on any atom is -0.305 e. The molecule has 0 amide bonds. The number of hydrogen-bond acceptors (Lipinski definition) is 4. The summed E-state index contributed by atoms with van der Waals surface area (Å²) in [6, 6.07) is 3.51. The van der Waals surface area contributed by atoms with Gasteiger partial charge in [0.15, 0.2) is 0 Å². The number of rotatable bonds is 3. The van der Waals surface area contributed by atoms with Crippen LogP contribution in [0.4, 0.5) is 0 Å². The molecule has 0 saturated carbocycles. The van der Waals surface area contributed by atoms with E-state index in [-0.39, 0.29) is 6.04 Å². The molecule has 0 N–H and O–H groups in total. The molecule has 2 rings (SSSR count). The molecule has 1 aromatic rings. The number of thiophene rings is 1. The van der Waals surface area contributed by atoms with Crippen molar-refractivity contribution in [3.05, 3.63) is 15.9 Å². The van der Waals surface area contributed by atoms with E-state index in [4.69, 9.17) is 0 Å². The van der Waals surface area contributed by atoms with Crippen LogP contribution in [0, 0.1) is 0 Å². The fourth-order valence-corrected chi connectivity index (χ4v) is 5.78. The number of likely N-dealkylation sites (N-methyl/N-ethyl adjacent to an activating group) is 2. The summed E-state index contributed by atoms with van der Waals surface area (Å²) in [5.74, 6) is 0. The van der Waals surface area contributed by atoms with Gasteiger partial charge in [-0.2, -0.15) is 4.31 Å². The third-order valence-corrected chi connectivity index (χ3v) is 7.30. The quantitative estimate of drug-likeness (QED) is 0.837. The summed E-state index contributed by atoms with van der Waals surface area (Å²) in [6.45, 7) is 1.86. The van der Waals surface area contributed by atoms with Gasteiger partial charge in [-0.3, -0.25) is 0 Å². The Morgan fingerprint density at radius 2 is 2.22 bits per heavy atom. The van der Waals surface area contributed by atoms with Crippen molar-refractivity contribution in [2.75, 3.05) is 27.2 Å². The van der Waals surface area contributed by atoms with Gasteiger partial charge in [-0.25, -0.2) is 8.42 Å². The van der Waals surface area contributed by atoms with E-state index in [1.54, 1.807) is 19.2 Å².